The summed E-state index contributed by atoms with van der Waals surface area (Å²) >= 11 is 0. The molecule has 1 fully saturated rings. The average Bonchev–Trinajstić information content (AvgIpc) is 3.21. The summed E-state index contributed by atoms with van der Waals surface area (Å²) in [7, 11) is 0. The third-order valence-electron chi connectivity index (χ3n) is 6.41. The second kappa shape index (κ2) is 9.84. The summed E-state index contributed by atoms with van der Waals surface area (Å²) in [5, 5.41) is 10.7. The summed E-state index contributed by atoms with van der Waals surface area (Å²) < 4.78 is 27.1. The molecule has 35 heavy (non-hydrogen) atoms. The van der Waals surface area contributed by atoms with Crippen molar-refractivity contribution in [2.45, 2.75) is 32.2 Å². The first kappa shape index (κ1) is 23.0. The van der Waals surface area contributed by atoms with E-state index in [0.29, 0.717) is 34.4 Å². The number of likely N-dealkylation sites (tertiary alicyclic amines) is 1. The molecule has 0 radical (unpaired) electrons. The van der Waals surface area contributed by atoms with E-state index in [1.54, 1.807) is 6.07 Å². The normalized spacial score (nSPS) is 14.3. The Morgan fingerprint density at radius 1 is 0.943 bits per heavy atom. The largest absolute Gasteiger partial charge is 0.398 e. The number of H-pyrrole nitrogens is 1. The number of fused-ring (bicyclic) bond motifs is 1. The first-order valence-corrected chi connectivity index (χ1v) is 11.8. The van der Waals surface area contributed by atoms with Crippen LogP contribution in [-0.2, 0) is 13.0 Å². The minimum absolute atomic E-state index is 0.342. The van der Waals surface area contributed by atoms with Gasteiger partial charge in [-0.3, -0.25) is 14.8 Å². The summed E-state index contributed by atoms with van der Waals surface area (Å²) in [6.45, 7) is 3.00. The van der Waals surface area contributed by atoms with Gasteiger partial charge in [-0.1, -0.05) is 18.6 Å². The van der Waals surface area contributed by atoms with Crippen molar-refractivity contribution in [2.75, 3.05) is 24.1 Å². The van der Waals surface area contributed by atoms with Gasteiger partial charge in [0, 0.05) is 23.7 Å². The molecule has 6 nitrogen and oxygen atoms in total. The van der Waals surface area contributed by atoms with E-state index in [-0.39, 0.29) is 5.91 Å². The molecule has 8 heteroatoms. The Kier molecular flexibility index (Phi) is 6.46. The lowest BCUT2D eigenvalue weighted by molar-refractivity contribution is 0.102. The van der Waals surface area contributed by atoms with Crippen LogP contribution in [0.5, 0.6) is 0 Å². The van der Waals surface area contributed by atoms with Gasteiger partial charge < -0.3 is 11.1 Å². The number of amides is 1. The van der Waals surface area contributed by atoms with Gasteiger partial charge in [0.15, 0.2) is 5.82 Å². The number of rotatable bonds is 6. The van der Waals surface area contributed by atoms with E-state index in [4.69, 9.17) is 5.73 Å². The maximum atomic E-state index is 13.6. The van der Waals surface area contributed by atoms with E-state index < -0.39 is 11.6 Å². The van der Waals surface area contributed by atoms with Gasteiger partial charge in [0.1, 0.15) is 11.6 Å². The van der Waals surface area contributed by atoms with Crippen LogP contribution < -0.4 is 11.1 Å². The lowest BCUT2D eigenvalue weighted by Gasteiger charge is -2.26. The van der Waals surface area contributed by atoms with Gasteiger partial charge in [-0.2, -0.15) is 5.10 Å². The predicted octanol–water partition coefficient (Wildman–Crippen LogP) is 5.25. The monoisotopic (exact) mass is 475 g/mol. The molecule has 0 unspecified atom stereocenters. The lowest BCUT2D eigenvalue weighted by Crippen LogP contribution is -2.29. The summed E-state index contributed by atoms with van der Waals surface area (Å²) in [5.74, 6) is -1.21. The topological polar surface area (TPSA) is 87.0 Å². The molecule has 1 aliphatic heterocycles. The van der Waals surface area contributed by atoms with Crippen molar-refractivity contribution in [1.82, 2.24) is 15.1 Å². The van der Waals surface area contributed by atoms with Crippen LogP contribution in [0.25, 0.3) is 10.9 Å². The number of anilines is 2. The summed E-state index contributed by atoms with van der Waals surface area (Å²) in [4.78, 5) is 15.4. The number of carbonyl (C=O) groups excluding carboxylic acids is 1. The SMILES string of the molecule is Nc1cc(CN2CCCCC2)ccc1C(=O)Nc1n[nH]c2ccc(Cc3cc(F)cc(F)c3)cc12. The maximum absolute atomic E-state index is 13.6. The first-order valence-electron chi connectivity index (χ1n) is 11.8. The number of hydrogen-bond donors (Lipinski definition) is 3. The quantitative estimate of drug-likeness (QED) is 0.332. The standard InChI is InChI=1S/C27H27F2N5O/c28-20-11-19(12-21(29)15-20)10-17-5-7-25-23(13-17)26(33-32-25)31-27(35)22-6-4-18(14-24(22)30)16-34-8-2-1-3-9-34/h4-7,11-15H,1-3,8-10,16,30H2,(H2,31,32,33,35). The van der Waals surface area contributed by atoms with E-state index in [1.165, 1.54) is 31.4 Å². The fraction of sp³-hybridized carbons (Fsp3) is 0.259. The Balaban J connectivity index is 1.32. The lowest BCUT2D eigenvalue weighted by atomic mass is 10.0. The number of halogens is 2. The van der Waals surface area contributed by atoms with E-state index in [0.717, 1.165) is 42.3 Å². The number of hydrogen-bond acceptors (Lipinski definition) is 4. The minimum atomic E-state index is -0.614. The molecule has 1 amide bonds. The molecule has 1 aromatic heterocycles. The second-order valence-electron chi connectivity index (χ2n) is 9.12. The van der Waals surface area contributed by atoms with Crippen LogP contribution in [0.4, 0.5) is 20.3 Å². The van der Waals surface area contributed by atoms with Crippen molar-refractivity contribution in [3.8, 4) is 0 Å². The Morgan fingerprint density at radius 3 is 2.43 bits per heavy atom. The molecular weight excluding hydrogens is 448 g/mol. The van der Waals surface area contributed by atoms with E-state index >= 15 is 0 Å². The van der Waals surface area contributed by atoms with Gasteiger partial charge in [-0.25, -0.2) is 8.78 Å². The van der Waals surface area contributed by atoms with E-state index in [1.807, 2.05) is 30.3 Å². The molecule has 0 aliphatic carbocycles. The number of aromatic nitrogens is 2. The van der Waals surface area contributed by atoms with Gasteiger partial charge in [-0.15, -0.1) is 0 Å². The Bertz CT molecular complexity index is 1360. The highest BCUT2D eigenvalue weighted by Crippen LogP contribution is 2.25. The Morgan fingerprint density at radius 2 is 1.69 bits per heavy atom. The highest BCUT2D eigenvalue weighted by Gasteiger charge is 2.16. The van der Waals surface area contributed by atoms with Crippen LogP contribution in [0.2, 0.25) is 0 Å². The molecule has 1 aliphatic rings. The minimum Gasteiger partial charge on any atom is -0.398 e. The third-order valence-corrected chi connectivity index (χ3v) is 6.41. The fourth-order valence-electron chi connectivity index (χ4n) is 4.68. The second-order valence-corrected chi connectivity index (χ2v) is 9.12. The van der Waals surface area contributed by atoms with Crippen LogP contribution in [0.1, 0.15) is 46.3 Å². The highest BCUT2D eigenvalue weighted by atomic mass is 19.1. The fourth-order valence-corrected chi connectivity index (χ4v) is 4.68. The molecule has 0 atom stereocenters. The zero-order valence-electron chi connectivity index (χ0n) is 19.3. The molecule has 3 aromatic carbocycles. The summed E-state index contributed by atoms with van der Waals surface area (Å²) in [6.07, 6.45) is 4.06. The van der Waals surface area contributed by atoms with Crippen LogP contribution in [-0.4, -0.2) is 34.1 Å². The number of nitrogens with zero attached hydrogens (tertiary/aromatic N) is 2. The van der Waals surface area contributed by atoms with E-state index in [9.17, 15) is 13.6 Å². The van der Waals surface area contributed by atoms with Crippen LogP contribution in [0, 0.1) is 11.6 Å². The number of piperidine rings is 1. The van der Waals surface area contributed by atoms with Gasteiger partial charge in [0.05, 0.1) is 11.1 Å². The molecule has 0 bridgehead atoms. The van der Waals surface area contributed by atoms with Gasteiger partial charge in [0.25, 0.3) is 5.91 Å². The number of nitrogens with one attached hydrogen (secondary N) is 2. The molecule has 4 aromatic rings. The number of aromatic amines is 1. The Hall–Kier alpha value is -3.78. The summed E-state index contributed by atoms with van der Waals surface area (Å²) in [5.41, 5.74) is 10.2. The molecule has 2 heterocycles. The van der Waals surface area contributed by atoms with Crippen molar-refractivity contribution < 1.29 is 13.6 Å². The van der Waals surface area contributed by atoms with Crippen molar-refractivity contribution in [3.63, 3.8) is 0 Å². The van der Waals surface area contributed by atoms with Crippen molar-refractivity contribution in [2.24, 2.45) is 0 Å². The predicted molar refractivity (Wildman–Crippen MR) is 133 cm³/mol. The molecule has 0 spiro atoms. The number of benzene rings is 3. The third kappa shape index (κ3) is 5.33. The number of nitrogen functional groups attached to an aromatic ring is 1. The zero-order chi connectivity index (χ0) is 24.4. The molecule has 4 N–H and O–H groups in total. The van der Waals surface area contributed by atoms with E-state index in [2.05, 4.69) is 20.4 Å². The molecule has 5 rings (SSSR count). The van der Waals surface area contributed by atoms with Crippen molar-refractivity contribution in [3.05, 3.63) is 88.5 Å². The number of carbonyl (C=O) groups is 1. The molecule has 1 saturated heterocycles. The summed E-state index contributed by atoms with van der Waals surface area (Å²) in [6, 6.07) is 14.6. The molecule has 0 saturated carbocycles. The van der Waals surface area contributed by atoms with Crippen LogP contribution in [0.3, 0.4) is 0 Å². The Labute approximate surface area is 202 Å². The highest BCUT2D eigenvalue weighted by molar-refractivity contribution is 6.10. The molecular formula is C27H27F2N5O. The average molecular weight is 476 g/mol. The van der Waals surface area contributed by atoms with Gasteiger partial charge in [-0.05, 0) is 85.4 Å². The van der Waals surface area contributed by atoms with Crippen LogP contribution in [0.15, 0.2) is 54.6 Å². The van der Waals surface area contributed by atoms with Crippen molar-refractivity contribution in [1.29, 1.82) is 0 Å². The van der Waals surface area contributed by atoms with Gasteiger partial charge >= 0.3 is 0 Å². The van der Waals surface area contributed by atoms with Crippen LogP contribution >= 0.6 is 0 Å². The number of nitrogens with two attached hydrogens (primary N) is 1. The van der Waals surface area contributed by atoms with Gasteiger partial charge in [0.2, 0.25) is 0 Å². The molecule has 180 valence electrons. The smallest absolute Gasteiger partial charge is 0.258 e. The first-order chi connectivity index (χ1) is 16.9. The van der Waals surface area contributed by atoms with Crippen molar-refractivity contribution >= 4 is 28.3 Å². The zero-order valence-corrected chi connectivity index (χ0v) is 19.3. The maximum Gasteiger partial charge on any atom is 0.258 e.